The van der Waals surface area contributed by atoms with E-state index in [0.717, 1.165) is 25.0 Å². The highest BCUT2D eigenvalue weighted by molar-refractivity contribution is 5.06. The van der Waals surface area contributed by atoms with Crippen molar-refractivity contribution < 1.29 is 9.63 Å². The molecule has 2 heterocycles. The molecule has 6 heteroatoms. The Morgan fingerprint density at radius 1 is 1.50 bits per heavy atom. The van der Waals surface area contributed by atoms with Gasteiger partial charge in [0, 0.05) is 19.7 Å². The van der Waals surface area contributed by atoms with Crippen molar-refractivity contribution in [3.63, 3.8) is 0 Å². The molecule has 0 spiro atoms. The van der Waals surface area contributed by atoms with Gasteiger partial charge in [-0.25, -0.2) is 0 Å². The first-order chi connectivity index (χ1) is 8.70. The molecule has 0 aliphatic rings. The number of nitrogens with zero attached hydrogens (tertiary/aromatic N) is 4. The average Bonchev–Trinajstić information content (AvgIpc) is 2.95. The highest BCUT2D eigenvalue weighted by Crippen LogP contribution is 2.16. The molecule has 0 bridgehead atoms. The van der Waals surface area contributed by atoms with Crippen LogP contribution < -0.4 is 0 Å². The molecule has 0 radical (unpaired) electrons. The Morgan fingerprint density at radius 2 is 2.33 bits per heavy atom. The molecule has 0 saturated carbocycles. The van der Waals surface area contributed by atoms with E-state index >= 15 is 0 Å². The van der Waals surface area contributed by atoms with Crippen LogP contribution in [0.4, 0.5) is 0 Å². The topological polar surface area (TPSA) is 77.0 Å². The first kappa shape index (κ1) is 12.8. The van der Waals surface area contributed by atoms with Crippen LogP contribution in [-0.4, -0.2) is 25.0 Å². The quantitative estimate of drug-likeness (QED) is 0.839. The van der Waals surface area contributed by atoms with Gasteiger partial charge in [-0.2, -0.15) is 10.1 Å². The van der Waals surface area contributed by atoms with Crippen LogP contribution in [0, 0.1) is 0 Å². The Hall–Kier alpha value is -1.69. The number of aliphatic hydroxyl groups excluding tert-OH is 1. The zero-order valence-corrected chi connectivity index (χ0v) is 10.7. The van der Waals surface area contributed by atoms with Gasteiger partial charge in [0.15, 0.2) is 5.82 Å². The Balaban J connectivity index is 1.97. The maximum absolute atomic E-state index is 10.0. The lowest BCUT2D eigenvalue weighted by atomic mass is 10.2. The molecule has 1 atom stereocenters. The van der Waals surface area contributed by atoms with E-state index in [1.807, 2.05) is 0 Å². The smallest absolute Gasteiger partial charge is 0.229 e. The number of aromatic nitrogens is 4. The Morgan fingerprint density at radius 3 is 3.00 bits per heavy atom. The van der Waals surface area contributed by atoms with E-state index in [0.29, 0.717) is 18.1 Å². The molecule has 0 aliphatic heterocycles. The van der Waals surface area contributed by atoms with Gasteiger partial charge in [0.1, 0.15) is 6.10 Å². The summed E-state index contributed by atoms with van der Waals surface area (Å²) in [5.41, 5.74) is 0.739. The Labute approximate surface area is 106 Å². The third-order valence-corrected chi connectivity index (χ3v) is 2.83. The number of hydrogen-bond acceptors (Lipinski definition) is 5. The molecule has 1 unspecified atom stereocenters. The second-order valence-corrected chi connectivity index (χ2v) is 4.31. The van der Waals surface area contributed by atoms with Crippen LogP contribution in [0.5, 0.6) is 0 Å². The number of unbranched alkanes of at least 4 members (excludes halogenated alkanes) is 1. The summed E-state index contributed by atoms with van der Waals surface area (Å²) in [6.45, 7) is 2.12. The normalized spacial score (nSPS) is 12.8. The van der Waals surface area contributed by atoms with Crippen molar-refractivity contribution in [3.05, 3.63) is 29.7 Å². The lowest BCUT2D eigenvalue weighted by molar-refractivity contribution is 0.155. The van der Waals surface area contributed by atoms with Crippen molar-refractivity contribution in [2.45, 2.75) is 38.7 Å². The summed E-state index contributed by atoms with van der Waals surface area (Å²) in [6.07, 6.45) is 4.27. The monoisotopic (exact) mass is 250 g/mol. The summed E-state index contributed by atoms with van der Waals surface area (Å²) in [7, 11) is 1.79. The molecule has 0 aromatic carbocycles. The highest BCUT2D eigenvalue weighted by Gasteiger charge is 2.16. The first-order valence-electron chi connectivity index (χ1n) is 6.18. The maximum atomic E-state index is 10.0. The molecule has 0 amide bonds. The maximum Gasteiger partial charge on any atom is 0.229 e. The van der Waals surface area contributed by atoms with Crippen LogP contribution in [0.2, 0.25) is 0 Å². The molecule has 18 heavy (non-hydrogen) atoms. The fourth-order valence-electron chi connectivity index (χ4n) is 1.79. The zero-order chi connectivity index (χ0) is 13.0. The van der Waals surface area contributed by atoms with Crippen molar-refractivity contribution in [3.8, 4) is 0 Å². The van der Waals surface area contributed by atoms with Crippen molar-refractivity contribution in [1.82, 2.24) is 19.9 Å². The van der Waals surface area contributed by atoms with Crippen LogP contribution in [0.3, 0.4) is 0 Å². The largest absolute Gasteiger partial charge is 0.386 e. The summed E-state index contributed by atoms with van der Waals surface area (Å²) in [5.74, 6) is 1.18. The average molecular weight is 250 g/mol. The molecule has 2 aromatic heterocycles. The molecular weight excluding hydrogens is 232 g/mol. The fraction of sp³-hybridized carbons (Fsp3) is 0.583. The van der Waals surface area contributed by atoms with E-state index in [9.17, 15) is 5.11 Å². The molecule has 98 valence electrons. The molecule has 2 rings (SSSR count). The minimum Gasteiger partial charge on any atom is -0.386 e. The SMILES string of the molecule is CCCCc1noc(CC(O)c2ccnn2C)n1. The Kier molecular flexibility index (Phi) is 4.09. The van der Waals surface area contributed by atoms with Gasteiger partial charge < -0.3 is 9.63 Å². The van der Waals surface area contributed by atoms with E-state index in [1.54, 1.807) is 24.0 Å². The number of hydrogen-bond donors (Lipinski definition) is 1. The van der Waals surface area contributed by atoms with Gasteiger partial charge in [0.05, 0.1) is 12.1 Å². The summed E-state index contributed by atoms with van der Waals surface area (Å²) < 4.78 is 6.76. The van der Waals surface area contributed by atoms with E-state index in [4.69, 9.17) is 4.52 Å². The van der Waals surface area contributed by atoms with E-state index < -0.39 is 6.10 Å². The zero-order valence-electron chi connectivity index (χ0n) is 10.7. The van der Waals surface area contributed by atoms with Gasteiger partial charge >= 0.3 is 0 Å². The van der Waals surface area contributed by atoms with Crippen molar-refractivity contribution in [2.75, 3.05) is 0 Å². The second-order valence-electron chi connectivity index (χ2n) is 4.31. The fourth-order valence-corrected chi connectivity index (χ4v) is 1.79. The third kappa shape index (κ3) is 2.95. The van der Waals surface area contributed by atoms with Gasteiger partial charge in [-0.3, -0.25) is 4.68 Å². The van der Waals surface area contributed by atoms with Crippen LogP contribution in [0.1, 0.15) is 43.3 Å². The highest BCUT2D eigenvalue weighted by atomic mass is 16.5. The molecule has 0 aliphatic carbocycles. The first-order valence-corrected chi connectivity index (χ1v) is 6.18. The molecule has 6 nitrogen and oxygen atoms in total. The van der Waals surface area contributed by atoms with Crippen LogP contribution in [0.15, 0.2) is 16.8 Å². The predicted molar refractivity (Wildman–Crippen MR) is 64.8 cm³/mol. The van der Waals surface area contributed by atoms with Crippen LogP contribution in [-0.2, 0) is 19.9 Å². The van der Waals surface area contributed by atoms with Crippen molar-refractivity contribution >= 4 is 0 Å². The van der Waals surface area contributed by atoms with Crippen molar-refractivity contribution in [1.29, 1.82) is 0 Å². The standard InChI is InChI=1S/C12H18N4O2/c1-3-4-5-11-14-12(18-15-11)8-10(17)9-6-7-13-16(9)2/h6-7,10,17H,3-5,8H2,1-2H3. The summed E-state index contributed by atoms with van der Waals surface area (Å²) in [4.78, 5) is 4.26. The second kappa shape index (κ2) is 5.77. The third-order valence-electron chi connectivity index (χ3n) is 2.83. The Bertz CT molecular complexity index is 492. The van der Waals surface area contributed by atoms with E-state index in [2.05, 4.69) is 22.2 Å². The predicted octanol–water partition coefficient (Wildman–Crippen LogP) is 1.42. The van der Waals surface area contributed by atoms with E-state index in [-0.39, 0.29) is 0 Å². The van der Waals surface area contributed by atoms with E-state index in [1.165, 1.54) is 0 Å². The van der Waals surface area contributed by atoms with Gasteiger partial charge in [-0.05, 0) is 12.5 Å². The lowest BCUT2D eigenvalue weighted by Crippen LogP contribution is -2.08. The van der Waals surface area contributed by atoms with Crippen molar-refractivity contribution in [2.24, 2.45) is 7.05 Å². The minimum absolute atomic E-state index is 0.318. The van der Waals surface area contributed by atoms with Crippen LogP contribution in [0.25, 0.3) is 0 Å². The van der Waals surface area contributed by atoms with Crippen LogP contribution >= 0.6 is 0 Å². The number of rotatable bonds is 6. The molecule has 0 saturated heterocycles. The lowest BCUT2D eigenvalue weighted by Gasteiger charge is -2.07. The molecular formula is C12H18N4O2. The van der Waals surface area contributed by atoms with Gasteiger partial charge in [0.25, 0.3) is 0 Å². The molecule has 0 fully saturated rings. The summed E-state index contributed by atoms with van der Waals surface area (Å²) in [6, 6.07) is 1.78. The minimum atomic E-state index is -0.669. The van der Waals surface area contributed by atoms with Gasteiger partial charge in [-0.1, -0.05) is 18.5 Å². The summed E-state index contributed by atoms with van der Waals surface area (Å²) >= 11 is 0. The summed E-state index contributed by atoms with van der Waals surface area (Å²) in [5, 5.41) is 17.9. The molecule has 2 aromatic rings. The molecule has 1 N–H and O–H groups in total. The number of aliphatic hydroxyl groups is 1. The van der Waals surface area contributed by atoms with Gasteiger partial charge in [0.2, 0.25) is 5.89 Å². The van der Waals surface area contributed by atoms with Gasteiger partial charge in [-0.15, -0.1) is 0 Å². The number of aryl methyl sites for hydroxylation is 2.